The lowest BCUT2D eigenvalue weighted by Gasteiger charge is -2.38. The number of hydrogen-bond donors (Lipinski definition) is 1. The van der Waals surface area contributed by atoms with E-state index in [1.165, 1.54) is 38.5 Å². The molecule has 2 heteroatoms. The Morgan fingerprint density at radius 2 is 2.13 bits per heavy atom. The fourth-order valence-corrected chi connectivity index (χ4v) is 4.07. The second kappa shape index (κ2) is 3.91. The van der Waals surface area contributed by atoms with E-state index in [9.17, 15) is 0 Å². The van der Waals surface area contributed by atoms with Crippen LogP contribution in [-0.2, 0) is 6.42 Å². The molecule has 1 aromatic heterocycles. The molecule has 0 bridgehead atoms. The van der Waals surface area contributed by atoms with E-state index in [2.05, 4.69) is 11.4 Å². The predicted molar refractivity (Wildman–Crippen MR) is 65.3 cm³/mol. The van der Waals surface area contributed by atoms with Gasteiger partial charge in [0.2, 0.25) is 0 Å². The van der Waals surface area contributed by atoms with Crippen molar-refractivity contribution in [3.05, 3.63) is 21.9 Å². The monoisotopic (exact) mass is 221 g/mol. The third-order valence-corrected chi connectivity index (χ3v) is 5.25. The number of aryl methyl sites for hydroxylation is 1. The largest absolute Gasteiger partial charge is 0.327 e. The fourth-order valence-electron chi connectivity index (χ4n) is 3.08. The first-order valence-corrected chi connectivity index (χ1v) is 7.06. The van der Waals surface area contributed by atoms with Crippen LogP contribution in [0.15, 0.2) is 11.4 Å². The summed E-state index contributed by atoms with van der Waals surface area (Å²) in [5.74, 6) is 1.49. The van der Waals surface area contributed by atoms with E-state index in [0.29, 0.717) is 12.0 Å². The van der Waals surface area contributed by atoms with Crippen molar-refractivity contribution in [3.8, 4) is 0 Å². The van der Waals surface area contributed by atoms with Gasteiger partial charge in [-0.2, -0.15) is 0 Å². The summed E-state index contributed by atoms with van der Waals surface area (Å²) in [4.78, 5) is 1.61. The fraction of sp³-hybridized carbons (Fsp3) is 0.692. The second-order valence-electron chi connectivity index (χ2n) is 5.07. The quantitative estimate of drug-likeness (QED) is 0.814. The molecule has 15 heavy (non-hydrogen) atoms. The van der Waals surface area contributed by atoms with Gasteiger partial charge >= 0.3 is 0 Å². The molecule has 0 aromatic carbocycles. The van der Waals surface area contributed by atoms with Crippen LogP contribution >= 0.6 is 11.3 Å². The van der Waals surface area contributed by atoms with Crippen molar-refractivity contribution in [2.45, 2.75) is 50.5 Å². The summed E-state index contributed by atoms with van der Waals surface area (Å²) in [5.41, 5.74) is 8.02. The number of rotatable bonds is 2. The molecular formula is C13H19NS. The summed E-state index contributed by atoms with van der Waals surface area (Å²) in [7, 11) is 0. The predicted octanol–water partition coefficient (Wildman–Crippen LogP) is 3.30. The van der Waals surface area contributed by atoms with Crippen molar-refractivity contribution >= 4 is 11.3 Å². The van der Waals surface area contributed by atoms with Gasteiger partial charge in [0.05, 0.1) is 0 Å². The normalized spacial score (nSPS) is 28.2. The molecule has 3 rings (SSSR count). The summed E-state index contributed by atoms with van der Waals surface area (Å²) < 4.78 is 0. The van der Waals surface area contributed by atoms with Gasteiger partial charge in [-0.05, 0) is 55.0 Å². The molecule has 1 heterocycles. The Labute approximate surface area is 95.7 Å². The molecule has 2 aliphatic carbocycles. The van der Waals surface area contributed by atoms with Crippen molar-refractivity contribution in [3.63, 3.8) is 0 Å². The van der Waals surface area contributed by atoms with E-state index < -0.39 is 0 Å². The molecule has 0 amide bonds. The first-order chi connectivity index (χ1) is 7.36. The molecule has 1 fully saturated rings. The van der Waals surface area contributed by atoms with E-state index in [-0.39, 0.29) is 0 Å². The van der Waals surface area contributed by atoms with Crippen molar-refractivity contribution in [2.24, 2.45) is 11.7 Å². The lowest BCUT2D eigenvalue weighted by molar-refractivity contribution is 0.228. The van der Waals surface area contributed by atoms with Crippen LogP contribution in [0.4, 0.5) is 0 Å². The maximum absolute atomic E-state index is 6.43. The summed E-state index contributed by atoms with van der Waals surface area (Å²) >= 11 is 1.93. The van der Waals surface area contributed by atoms with Gasteiger partial charge in [-0.15, -0.1) is 11.3 Å². The smallest absolute Gasteiger partial charge is 0.0137 e. The summed E-state index contributed by atoms with van der Waals surface area (Å²) in [6, 6.07) is 2.76. The van der Waals surface area contributed by atoms with Crippen molar-refractivity contribution < 1.29 is 0 Å². The van der Waals surface area contributed by atoms with Crippen LogP contribution in [0.2, 0.25) is 0 Å². The van der Waals surface area contributed by atoms with E-state index >= 15 is 0 Å². The number of nitrogens with two attached hydrogens (primary N) is 1. The molecule has 0 saturated heterocycles. The van der Waals surface area contributed by atoms with Crippen LogP contribution in [-0.4, -0.2) is 6.04 Å². The Bertz CT molecular complexity index is 340. The Kier molecular flexibility index (Phi) is 2.57. The van der Waals surface area contributed by atoms with Crippen LogP contribution in [0.1, 0.15) is 48.5 Å². The van der Waals surface area contributed by atoms with Crippen LogP contribution in [0.5, 0.6) is 0 Å². The zero-order chi connectivity index (χ0) is 10.3. The van der Waals surface area contributed by atoms with Gasteiger partial charge in [0, 0.05) is 16.8 Å². The average molecular weight is 221 g/mol. The highest BCUT2D eigenvalue weighted by Gasteiger charge is 2.33. The molecule has 0 aliphatic heterocycles. The minimum Gasteiger partial charge on any atom is -0.327 e. The van der Waals surface area contributed by atoms with Crippen molar-refractivity contribution in [1.82, 2.24) is 0 Å². The average Bonchev–Trinajstić information content (AvgIpc) is 2.61. The molecule has 1 saturated carbocycles. The van der Waals surface area contributed by atoms with E-state index in [4.69, 9.17) is 5.73 Å². The Hall–Kier alpha value is -0.340. The van der Waals surface area contributed by atoms with Crippen molar-refractivity contribution in [1.29, 1.82) is 0 Å². The maximum atomic E-state index is 6.43. The summed E-state index contributed by atoms with van der Waals surface area (Å²) in [5, 5.41) is 2.25. The van der Waals surface area contributed by atoms with Gasteiger partial charge in [-0.1, -0.05) is 6.42 Å². The Morgan fingerprint density at radius 3 is 2.87 bits per heavy atom. The Morgan fingerprint density at radius 1 is 1.27 bits per heavy atom. The van der Waals surface area contributed by atoms with E-state index in [0.717, 1.165) is 5.92 Å². The molecule has 2 N–H and O–H groups in total. The van der Waals surface area contributed by atoms with Crippen LogP contribution < -0.4 is 5.73 Å². The van der Waals surface area contributed by atoms with Crippen molar-refractivity contribution in [2.75, 3.05) is 0 Å². The number of fused-ring (bicyclic) bond motifs is 1. The molecule has 0 radical (unpaired) electrons. The van der Waals surface area contributed by atoms with Gasteiger partial charge in [0.25, 0.3) is 0 Å². The zero-order valence-corrected chi connectivity index (χ0v) is 9.93. The van der Waals surface area contributed by atoms with Gasteiger partial charge < -0.3 is 5.73 Å². The molecule has 2 unspecified atom stereocenters. The topological polar surface area (TPSA) is 26.0 Å². The van der Waals surface area contributed by atoms with Gasteiger partial charge in [0.1, 0.15) is 0 Å². The second-order valence-corrected chi connectivity index (χ2v) is 6.07. The molecule has 0 spiro atoms. The Balaban J connectivity index is 1.82. The van der Waals surface area contributed by atoms with Crippen LogP contribution in [0.3, 0.4) is 0 Å². The number of hydrogen-bond acceptors (Lipinski definition) is 2. The highest BCUT2D eigenvalue weighted by molar-refractivity contribution is 7.10. The zero-order valence-electron chi connectivity index (χ0n) is 9.11. The first kappa shape index (κ1) is 9.86. The third-order valence-electron chi connectivity index (χ3n) is 4.26. The first-order valence-electron chi connectivity index (χ1n) is 6.18. The van der Waals surface area contributed by atoms with Crippen LogP contribution in [0, 0.1) is 5.92 Å². The maximum Gasteiger partial charge on any atom is 0.0137 e. The lowest BCUT2D eigenvalue weighted by Crippen LogP contribution is -2.40. The molecule has 82 valence electrons. The molecule has 1 aromatic rings. The van der Waals surface area contributed by atoms with Gasteiger partial charge in [-0.25, -0.2) is 0 Å². The minimum absolute atomic E-state index is 0.437. The minimum atomic E-state index is 0.437. The standard InChI is InChI=1S/C13H19NS/c14-13(9-3-1-4-9)11-5-2-6-12-10(11)7-8-15-12/h7-9,11,13H,1-6,14H2. The molecular weight excluding hydrogens is 202 g/mol. The lowest BCUT2D eigenvalue weighted by atomic mass is 9.71. The summed E-state index contributed by atoms with van der Waals surface area (Å²) in [6.07, 6.45) is 8.11. The number of thiophene rings is 1. The van der Waals surface area contributed by atoms with E-state index in [1.54, 1.807) is 10.4 Å². The highest BCUT2D eigenvalue weighted by atomic mass is 32.1. The van der Waals surface area contributed by atoms with Crippen LogP contribution in [0.25, 0.3) is 0 Å². The molecule has 1 nitrogen and oxygen atoms in total. The van der Waals surface area contributed by atoms with E-state index in [1.807, 2.05) is 11.3 Å². The SMILES string of the molecule is NC(C1CCC1)C1CCCc2sccc21. The molecule has 2 aliphatic rings. The third kappa shape index (κ3) is 1.64. The van der Waals surface area contributed by atoms with Gasteiger partial charge in [0.15, 0.2) is 0 Å². The van der Waals surface area contributed by atoms with Gasteiger partial charge in [-0.3, -0.25) is 0 Å². The summed E-state index contributed by atoms with van der Waals surface area (Å²) in [6.45, 7) is 0. The molecule has 2 atom stereocenters. The highest BCUT2D eigenvalue weighted by Crippen LogP contribution is 2.42.